The molecule has 40 valence electrons. The Morgan fingerprint density at radius 1 is 1.71 bits per heavy atom. The van der Waals surface area contributed by atoms with E-state index >= 15 is 0 Å². The van der Waals surface area contributed by atoms with Gasteiger partial charge in [-0.15, -0.1) is 11.8 Å². The van der Waals surface area contributed by atoms with Gasteiger partial charge in [-0.3, -0.25) is 0 Å². The van der Waals surface area contributed by atoms with E-state index in [0.29, 0.717) is 6.61 Å². The van der Waals surface area contributed by atoms with Gasteiger partial charge in [0.2, 0.25) is 0 Å². The Morgan fingerprint density at radius 2 is 2.43 bits per heavy atom. The van der Waals surface area contributed by atoms with Crippen LogP contribution in [0.25, 0.3) is 0 Å². The van der Waals surface area contributed by atoms with Crippen LogP contribution in [0, 0.1) is 11.8 Å². The van der Waals surface area contributed by atoms with E-state index in [1.165, 1.54) is 0 Å². The van der Waals surface area contributed by atoms with Crippen molar-refractivity contribution >= 4 is 0 Å². The molecule has 0 aromatic carbocycles. The summed E-state index contributed by atoms with van der Waals surface area (Å²) in [4.78, 5) is 4.24. The van der Waals surface area contributed by atoms with E-state index in [2.05, 4.69) is 16.7 Å². The standard InChI is InChI=1S/C5H9NO/c1-2-3-4-5-7-6/h4-6H2,1H3. The summed E-state index contributed by atoms with van der Waals surface area (Å²) in [5.41, 5.74) is 0. The fourth-order valence-electron chi connectivity index (χ4n) is 0.235. The van der Waals surface area contributed by atoms with Crippen molar-refractivity contribution in [2.75, 3.05) is 6.61 Å². The van der Waals surface area contributed by atoms with Gasteiger partial charge >= 0.3 is 0 Å². The molecule has 0 aromatic heterocycles. The van der Waals surface area contributed by atoms with Gasteiger partial charge in [0.1, 0.15) is 0 Å². The second-order valence-electron chi connectivity index (χ2n) is 1.05. The molecule has 2 N–H and O–H groups in total. The van der Waals surface area contributed by atoms with Crippen LogP contribution >= 0.6 is 0 Å². The minimum atomic E-state index is 0.529. The minimum Gasteiger partial charge on any atom is -0.304 e. The highest BCUT2D eigenvalue weighted by atomic mass is 16.6. The molecular weight excluding hydrogens is 90.1 g/mol. The van der Waals surface area contributed by atoms with Gasteiger partial charge in [0.05, 0.1) is 6.61 Å². The lowest BCUT2D eigenvalue weighted by Gasteiger charge is -1.84. The molecule has 0 amide bonds. The molecule has 0 fully saturated rings. The molecule has 0 rings (SSSR count). The number of hydrogen-bond acceptors (Lipinski definition) is 2. The van der Waals surface area contributed by atoms with E-state index in [0.717, 1.165) is 6.42 Å². The monoisotopic (exact) mass is 99.1 g/mol. The molecule has 7 heavy (non-hydrogen) atoms. The van der Waals surface area contributed by atoms with Crippen molar-refractivity contribution in [3.05, 3.63) is 0 Å². The second-order valence-corrected chi connectivity index (χ2v) is 1.05. The van der Waals surface area contributed by atoms with Gasteiger partial charge < -0.3 is 4.84 Å². The van der Waals surface area contributed by atoms with Crippen LogP contribution in [-0.2, 0) is 4.84 Å². The van der Waals surface area contributed by atoms with E-state index in [1.54, 1.807) is 6.92 Å². The van der Waals surface area contributed by atoms with Gasteiger partial charge in [-0.2, -0.15) is 0 Å². The predicted molar refractivity (Wildman–Crippen MR) is 28.2 cm³/mol. The van der Waals surface area contributed by atoms with Crippen molar-refractivity contribution in [3.63, 3.8) is 0 Å². The first kappa shape index (κ1) is 6.48. The van der Waals surface area contributed by atoms with Crippen LogP contribution in [0.3, 0.4) is 0 Å². The molecule has 0 bridgehead atoms. The second kappa shape index (κ2) is 5.48. The molecule has 0 aliphatic rings. The molecule has 0 aliphatic carbocycles. The van der Waals surface area contributed by atoms with Gasteiger partial charge in [-0.1, -0.05) is 0 Å². The Hall–Kier alpha value is -0.520. The Balaban J connectivity index is 2.78. The topological polar surface area (TPSA) is 35.2 Å². The minimum absolute atomic E-state index is 0.529. The molecule has 2 nitrogen and oxygen atoms in total. The highest BCUT2D eigenvalue weighted by Crippen LogP contribution is 1.71. The molecule has 2 heteroatoms. The largest absolute Gasteiger partial charge is 0.304 e. The summed E-state index contributed by atoms with van der Waals surface area (Å²) >= 11 is 0. The average Bonchev–Trinajstić information content (AvgIpc) is 1.69. The van der Waals surface area contributed by atoms with E-state index in [9.17, 15) is 0 Å². The summed E-state index contributed by atoms with van der Waals surface area (Å²) in [5.74, 6) is 10.2. The highest BCUT2D eigenvalue weighted by Gasteiger charge is 1.72. The third-order valence-electron chi connectivity index (χ3n) is 0.522. The van der Waals surface area contributed by atoms with Crippen molar-refractivity contribution < 1.29 is 4.84 Å². The first-order valence-electron chi connectivity index (χ1n) is 2.13. The number of nitrogens with two attached hydrogens (primary N) is 1. The summed E-state index contributed by atoms with van der Waals surface area (Å²) in [6.07, 6.45) is 0.729. The zero-order valence-electron chi connectivity index (χ0n) is 4.40. The SMILES string of the molecule is CC#CCCON. The van der Waals surface area contributed by atoms with Gasteiger partial charge in [-0.05, 0) is 6.92 Å². The van der Waals surface area contributed by atoms with Crippen LogP contribution in [0.5, 0.6) is 0 Å². The molecule has 0 saturated heterocycles. The third-order valence-corrected chi connectivity index (χ3v) is 0.522. The Morgan fingerprint density at radius 3 is 2.86 bits per heavy atom. The van der Waals surface area contributed by atoms with Crippen molar-refractivity contribution in [2.45, 2.75) is 13.3 Å². The lowest BCUT2D eigenvalue weighted by atomic mass is 10.4. The Labute approximate surface area is 43.6 Å². The highest BCUT2D eigenvalue weighted by molar-refractivity contribution is 4.94. The first-order chi connectivity index (χ1) is 3.41. The summed E-state index contributed by atoms with van der Waals surface area (Å²) in [6, 6.07) is 0. The normalized spacial score (nSPS) is 7.14. The first-order valence-corrected chi connectivity index (χ1v) is 2.13. The van der Waals surface area contributed by atoms with E-state index in [1.807, 2.05) is 0 Å². The van der Waals surface area contributed by atoms with Crippen LogP contribution in [0.4, 0.5) is 0 Å². The molecule has 0 unspecified atom stereocenters. The molecule has 0 radical (unpaired) electrons. The van der Waals surface area contributed by atoms with Gasteiger partial charge in [-0.25, -0.2) is 5.90 Å². The maximum Gasteiger partial charge on any atom is 0.0788 e. The van der Waals surface area contributed by atoms with Crippen molar-refractivity contribution in [3.8, 4) is 11.8 Å². The van der Waals surface area contributed by atoms with Gasteiger partial charge in [0, 0.05) is 6.42 Å². The molecule has 0 saturated carbocycles. The molecule has 0 aromatic rings. The van der Waals surface area contributed by atoms with Crippen LogP contribution in [0.1, 0.15) is 13.3 Å². The fraction of sp³-hybridized carbons (Fsp3) is 0.600. The zero-order chi connectivity index (χ0) is 5.54. The zero-order valence-corrected chi connectivity index (χ0v) is 4.40. The molecule has 0 atom stereocenters. The summed E-state index contributed by atoms with van der Waals surface area (Å²) < 4.78 is 0. The Bertz CT molecular complexity index is 79.8. The fourth-order valence-corrected chi connectivity index (χ4v) is 0.235. The van der Waals surface area contributed by atoms with E-state index in [-0.39, 0.29) is 0 Å². The van der Waals surface area contributed by atoms with Crippen LogP contribution in [-0.4, -0.2) is 6.61 Å². The Kier molecular flexibility index (Phi) is 5.07. The van der Waals surface area contributed by atoms with Crippen LogP contribution in [0.15, 0.2) is 0 Å². The maximum atomic E-state index is 4.70. The number of hydrogen-bond donors (Lipinski definition) is 1. The van der Waals surface area contributed by atoms with E-state index in [4.69, 9.17) is 5.90 Å². The van der Waals surface area contributed by atoms with Crippen LogP contribution in [0.2, 0.25) is 0 Å². The van der Waals surface area contributed by atoms with Gasteiger partial charge in [0.15, 0.2) is 0 Å². The molecule has 0 aliphatic heterocycles. The molecule has 0 spiro atoms. The quantitative estimate of drug-likeness (QED) is 0.307. The van der Waals surface area contributed by atoms with Gasteiger partial charge in [0.25, 0.3) is 0 Å². The van der Waals surface area contributed by atoms with E-state index < -0.39 is 0 Å². The summed E-state index contributed by atoms with van der Waals surface area (Å²) in [6.45, 7) is 2.32. The number of rotatable bonds is 2. The lowest BCUT2D eigenvalue weighted by molar-refractivity contribution is 0.144. The van der Waals surface area contributed by atoms with Crippen molar-refractivity contribution in [1.82, 2.24) is 0 Å². The third kappa shape index (κ3) is 5.48. The van der Waals surface area contributed by atoms with Crippen molar-refractivity contribution in [2.24, 2.45) is 5.90 Å². The average molecular weight is 99.1 g/mol. The summed E-state index contributed by atoms with van der Waals surface area (Å²) in [7, 11) is 0. The summed E-state index contributed by atoms with van der Waals surface area (Å²) in [5, 5.41) is 0. The van der Waals surface area contributed by atoms with Crippen LogP contribution < -0.4 is 5.90 Å². The smallest absolute Gasteiger partial charge is 0.0788 e. The predicted octanol–water partition coefficient (Wildman–Crippen LogP) is 0.290. The van der Waals surface area contributed by atoms with Crippen molar-refractivity contribution in [1.29, 1.82) is 0 Å². The molecular formula is C5H9NO. The molecule has 0 heterocycles. The maximum absolute atomic E-state index is 4.70. The lowest BCUT2D eigenvalue weighted by Crippen LogP contribution is -1.98.